The molecule has 1 amide bonds. The number of amides is 1. The van der Waals surface area contributed by atoms with Gasteiger partial charge in [0.05, 0.1) is 11.3 Å². The highest BCUT2D eigenvalue weighted by Crippen LogP contribution is 2.43. The number of rotatable bonds is 4. The largest absolute Gasteiger partial charge is 0.277 e. The zero-order valence-corrected chi connectivity index (χ0v) is 19.4. The molecule has 2 aromatic carbocycles. The van der Waals surface area contributed by atoms with E-state index in [0.29, 0.717) is 16.4 Å². The molecule has 2 N–H and O–H groups in total. The fourth-order valence-corrected chi connectivity index (χ4v) is 4.37. The van der Waals surface area contributed by atoms with E-state index in [1.807, 2.05) is 54.6 Å². The first-order chi connectivity index (χ1) is 15.6. The fourth-order valence-electron chi connectivity index (χ4n) is 3.41. The number of H-pyrrole nitrogens is 1. The van der Waals surface area contributed by atoms with Crippen LogP contribution in [0.1, 0.15) is 25.7 Å². The molecule has 0 spiro atoms. The van der Waals surface area contributed by atoms with Crippen molar-refractivity contribution in [3.8, 4) is 11.3 Å². The molecule has 1 atom stereocenters. The number of hydrazine groups is 1. The predicted octanol–water partition coefficient (Wildman–Crippen LogP) is 5.30. The molecule has 5 rings (SSSR count). The van der Waals surface area contributed by atoms with Gasteiger partial charge in [-0.1, -0.05) is 54.1 Å². The van der Waals surface area contributed by atoms with Gasteiger partial charge in [-0.15, -0.1) is 0 Å². The van der Waals surface area contributed by atoms with Crippen molar-refractivity contribution in [1.29, 1.82) is 0 Å². The number of carbonyl (C=O) groups excluding carboxylic acids is 1. The molecular formula is C23H16ClIN6O. The highest BCUT2D eigenvalue weighted by atomic mass is 127. The summed E-state index contributed by atoms with van der Waals surface area (Å²) in [5.74, 6) is 0.343. The lowest BCUT2D eigenvalue weighted by molar-refractivity contribution is 0.0864. The van der Waals surface area contributed by atoms with Gasteiger partial charge in [0.2, 0.25) is 0 Å². The minimum absolute atomic E-state index is 0.274. The number of carbonyl (C=O) groups is 1. The van der Waals surface area contributed by atoms with Crippen LogP contribution in [0.4, 0.5) is 5.69 Å². The predicted molar refractivity (Wildman–Crippen MR) is 132 cm³/mol. The second-order valence-corrected chi connectivity index (χ2v) is 8.65. The van der Waals surface area contributed by atoms with E-state index in [1.54, 1.807) is 23.3 Å². The van der Waals surface area contributed by atoms with Gasteiger partial charge in [-0.05, 0) is 46.9 Å². The Morgan fingerprint density at radius 1 is 1.03 bits per heavy atom. The zero-order chi connectivity index (χ0) is 22.1. The number of nitrogens with zero attached hydrogens (tertiary/aromatic N) is 4. The number of halogens is 2. The Hall–Kier alpha value is -3.24. The van der Waals surface area contributed by atoms with E-state index < -0.39 is 0 Å². The summed E-state index contributed by atoms with van der Waals surface area (Å²) in [6, 6.07) is 20.6. The van der Waals surface area contributed by atoms with Crippen LogP contribution < -0.4 is 5.43 Å². The SMILES string of the molecule is O=C(NN1C(c2ccccc2)=Nc2c(-c3ccc(Cl)cc3)n[nH]c2C1I)c1cccnc1. The molecule has 7 nitrogen and oxygen atoms in total. The van der Waals surface area contributed by atoms with Crippen LogP contribution in [0.3, 0.4) is 0 Å². The molecule has 1 unspecified atom stereocenters. The first-order valence-electron chi connectivity index (χ1n) is 9.74. The molecule has 158 valence electrons. The minimum Gasteiger partial charge on any atom is -0.277 e. The van der Waals surface area contributed by atoms with Crippen LogP contribution in [-0.2, 0) is 0 Å². The zero-order valence-electron chi connectivity index (χ0n) is 16.5. The van der Waals surface area contributed by atoms with Crippen molar-refractivity contribution < 1.29 is 4.79 Å². The van der Waals surface area contributed by atoms with Crippen LogP contribution in [0.25, 0.3) is 11.3 Å². The number of aliphatic imine (C=N–C) groups is 1. The van der Waals surface area contributed by atoms with E-state index in [0.717, 1.165) is 28.2 Å². The molecule has 3 heterocycles. The Morgan fingerprint density at radius 2 is 1.81 bits per heavy atom. The van der Waals surface area contributed by atoms with Gasteiger partial charge in [0.1, 0.15) is 15.4 Å². The lowest BCUT2D eigenvalue weighted by atomic mass is 10.1. The highest BCUT2D eigenvalue weighted by Gasteiger charge is 2.34. The summed E-state index contributed by atoms with van der Waals surface area (Å²) in [6.07, 6.45) is 3.16. The van der Waals surface area contributed by atoms with E-state index in [-0.39, 0.29) is 9.96 Å². The van der Waals surface area contributed by atoms with E-state index >= 15 is 0 Å². The quantitative estimate of drug-likeness (QED) is 0.204. The summed E-state index contributed by atoms with van der Waals surface area (Å²) < 4.78 is -0.274. The second kappa shape index (κ2) is 8.71. The average molecular weight is 555 g/mol. The molecule has 0 bridgehead atoms. The van der Waals surface area contributed by atoms with E-state index in [2.05, 4.69) is 43.2 Å². The maximum Gasteiger partial charge on any atom is 0.271 e. The van der Waals surface area contributed by atoms with Crippen molar-refractivity contribution in [2.24, 2.45) is 4.99 Å². The third-order valence-electron chi connectivity index (χ3n) is 4.97. The Labute approximate surface area is 202 Å². The first kappa shape index (κ1) is 20.7. The smallest absolute Gasteiger partial charge is 0.271 e. The molecule has 1 aliphatic rings. The molecule has 0 radical (unpaired) electrons. The number of pyridine rings is 1. The third-order valence-corrected chi connectivity index (χ3v) is 6.41. The molecular weight excluding hydrogens is 539 g/mol. The van der Waals surface area contributed by atoms with Gasteiger partial charge >= 0.3 is 0 Å². The van der Waals surface area contributed by atoms with Crippen molar-refractivity contribution in [2.75, 3.05) is 0 Å². The molecule has 0 saturated carbocycles. The van der Waals surface area contributed by atoms with Crippen LogP contribution in [0.5, 0.6) is 0 Å². The monoisotopic (exact) mass is 554 g/mol. The number of amidine groups is 1. The highest BCUT2D eigenvalue weighted by molar-refractivity contribution is 14.1. The van der Waals surface area contributed by atoms with Gasteiger partial charge in [0, 0.05) is 28.5 Å². The average Bonchev–Trinajstić information content (AvgIpc) is 3.26. The van der Waals surface area contributed by atoms with Gasteiger partial charge in [-0.25, -0.2) is 10.0 Å². The third kappa shape index (κ3) is 3.87. The summed E-state index contributed by atoms with van der Waals surface area (Å²) >= 11 is 8.32. The maximum absolute atomic E-state index is 12.9. The van der Waals surface area contributed by atoms with Crippen molar-refractivity contribution in [3.05, 3.63) is 101 Å². The van der Waals surface area contributed by atoms with Gasteiger partial charge in [-0.2, -0.15) is 5.10 Å². The molecule has 4 aromatic rings. The van der Waals surface area contributed by atoms with Crippen LogP contribution in [0.2, 0.25) is 5.02 Å². The van der Waals surface area contributed by atoms with Gasteiger partial charge < -0.3 is 0 Å². The first-order valence-corrected chi connectivity index (χ1v) is 11.4. The number of hydrogen-bond acceptors (Lipinski definition) is 5. The number of aromatic amines is 1. The number of fused-ring (bicyclic) bond motifs is 1. The fraction of sp³-hybridized carbons (Fsp3) is 0.0435. The van der Waals surface area contributed by atoms with E-state index in [9.17, 15) is 4.79 Å². The van der Waals surface area contributed by atoms with Crippen LogP contribution in [0, 0.1) is 0 Å². The molecule has 0 fully saturated rings. The molecule has 32 heavy (non-hydrogen) atoms. The van der Waals surface area contributed by atoms with Crippen molar-refractivity contribution in [3.63, 3.8) is 0 Å². The molecule has 2 aromatic heterocycles. The Balaban J connectivity index is 1.59. The molecule has 0 saturated heterocycles. The van der Waals surface area contributed by atoms with Crippen molar-refractivity contribution in [1.82, 2.24) is 25.6 Å². The van der Waals surface area contributed by atoms with Crippen molar-refractivity contribution in [2.45, 2.75) is 4.05 Å². The lowest BCUT2D eigenvalue weighted by Gasteiger charge is -2.33. The van der Waals surface area contributed by atoms with E-state index in [1.165, 1.54) is 6.20 Å². The topological polar surface area (TPSA) is 86.3 Å². The number of alkyl halides is 1. The molecule has 1 aliphatic heterocycles. The summed E-state index contributed by atoms with van der Waals surface area (Å²) in [5, 5.41) is 10.0. The normalized spacial score (nSPS) is 15.1. The molecule has 0 aliphatic carbocycles. The van der Waals surface area contributed by atoms with Crippen LogP contribution in [-0.4, -0.2) is 31.9 Å². The number of nitrogens with one attached hydrogen (secondary N) is 2. The number of benzene rings is 2. The van der Waals surface area contributed by atoms with Crippen LogP contribution in [0.15, 0.2) is 84.1 Å². The minimum atomic E-state index is -0.274. The Morgan fingerprint density at radius 3 is 2.53 bits per heavy atom. The van der Waals surface area contributed by atoms with Crippen molar-refractivity contribution >= 4 is 51.6 Å². The summed E-state index contributed by atoms with van der Waals surface area (Å²) in [4.78, 5) is 21.9. The number of hydrogen-bond donors (Lipinski definition) is 2. The summed E-state index contributed by atoms with van der Waals surface area (Å²) in [7, 11) is 0. The van der Waals surface area contributed by atoms with Gasteiger partial charge in [0.25, 0.3) is 5.91 Å². The summed E-state index contributed by atoms with van der Waals surface area (Å²) in [5.41, 5.74) is 7.47. The van der Waals surface area contributed by atoms with Gasteiger partial charge in [-0.3, -0.25) is 20.3 Å². The molecule has 9 heteroatoms. The van der Waals surface area contributed by atoms with Gasteiger partial charge in [0.15, 0.2) is 5.84 Å². The maximum atomic E-state index is 12.9. The lowest BCUT2D eigenvalue weighted by Crippen LogP contribution is -2.48. The van der Waals surface area contributed by atoms with E-state index in [4.69, 9.17) is 16.6 Å². The van der Waals surface area contributed by atoms with Crippen LogP contribution >= 0.6 is 34.2 Å². The summed E-state index contributed by atoms with van der Waals surface area (Å²) in [6.45, 7) is 0. The standard InChI is InChI=1S/C23H16ClIN6O/c24-17-10-8-14(9-11-17)18-19-20(29-28-18)21(25)31(22(27-19)15-5-2-1-3-6-15)30-23(32)16-7-4-12-26-13-16/h1-13,21H,(H,28,29)(H,30,32). The Bertz CT molecular complexity index is 1290. The number of aromatic nitrogens is 3. The second-order valence-electron chi connectivity index (χ2n) is 7.03. The Kier molecular flexibility index (Phi) is 5.62.